The highest BCUT2D eigenvalue weighted by Gasteiger charge is 2.43. The smallest absolute Gasteiger partial charge is 0.0601 e. The summed E-state index contributed by atoms with van der Waals surface area (Å²) in [5.74, 6) is 1.79. The molecule has 52 valence electrons. The van der Waals surface area contributed by atoms with Crippen molar-refractivity contribution < 1.29 is 0 Å². The molecule has 2 rings (SSSR count). The van der Waals surface area contributed by atoms with Crippen molar-refractivity contribution in [3.63, 3.8) is 0 Å². The maximum absolute atomic E-state index is 5.89. The molecule has 0 aromatic carbocycles. The molecular formula is C7H14N2. The van der Waals surface area contributed by atoms with Crippen LogP contribution in [-0.2, 0) is 0 Å². The van der Waals surface area contributed by atoms with Crippen LogP contribution in [0, 0.1) is 11.8 Å². The van der Waals surface area contributed by atoms with Crippen LogP contribution in [0.2, 0.25) is 0 Å². The molecule has 2 heteroatoms. The summed E-state index contributed by atoms with van der Waals surface area (Å²) >= 11 is 0. The van der Waals surface area contributed by atoms with E-state index in [0.717, 1.165) is 11.8 Å². The van der Waals surface area contributed by atoms with E-state index in [-0.39, 0.29) is 0 Å². The summed E-state index contributed by atoms with van der Waals surface area (Å²) in [7, 11) is 2.13. The summed E-state index contributed by atoms with van der Waals surface area (Å²) < 4.78 is 0. The summed E-state index contributed by atoms with van der Waals surface area (Å²) in [4.78, 5) is 2.28. The number of nitrogens with zero attached hydrogens (tertiary/aromatic N) is 1. The monoisotopic (exact) mass is 126 g/mol. The van der Waals surface area contributed by atoms with Gasteiger partial charge in [0.25, 0.3) is 0 Å². The van der Waals surface area contributed by atoms with Crippen LogP contribution >= 0.6 is 0 Å². The maximum atomic E-state index is 5.89. The van der Waals surface area contributed by atoms with Crippen LogP contribution in [0.25, 0.3) is 0 Å². The number of nitrogens with two attached hydrogens (primary N) is 1. The van der Waals surface area contributed by atoms with E-state index in [1.807, 2.05) is 0 Å². The molecule has 0 bridgehead atoms. The molecule has 0 spiro atoms. The number of hydrogen-bond donors (Lipinski definition) is 1. The predicted molar refractivity (Wildman–Crippen MR) is 36.8 cm³/mol. The van der Waals surface area contributed by atoms with Crippen molar-refractivity contribution in [1.29, 1.82) is 0 Å². The van der Waals surface area contributed by atoms with Gasteiger partial charge in [-0.25, -0.2) is 0 Å². The second-order valence-electron chi connectivity index (χ2n) is 3.43. The van der Waals surface area contributed by atoms with Crippen molar-refractivity contribution in [2.24, 2.45) is 17.6 Å². The summed E-state index contributed by atoms with van der Waals surface area (Å²) in [6.07, 6.45) is 3.17. The predicted octanol–water partition coefficient (Wildman–Crippen LogP) is 0.243. The number of hydrogen-bond acceptors (Lipinski definition) is 2. The third-order valence-corrected chi connectivity index (χ3v) is 2.95. The van der Waals surface area contributed by atoms with Crippen molar-refractivity contribution in [2.45, 2.75) is 19.0 Å². The standard InChI is InChI=1S/C7H14N2/c1-9-4-5-2-3-6(5)7(9)8/h5-7H,2-4,8H2,1H3/t5?,6-,7?/m1/s1. The minimum absolute atomic E-state index is 0.378. The fourth-order valence-corrected chi connectivity index (χ4v) is 2.09. The van der Waals surface area contributed by atoms with Crippen LogP contribution in [0.15, 0.2) is 0 Å². The number of rotatable bonds is 0. The van der Waals surface area contributed by atoms with Gasteiger partial charge in [0.15, 0.2) is 0 Å². The van der Waals surface area contributed by atoms with E-state index in [1.165, 1.54) is 19.4 Å². The zero-order valence-electron chi connectivity index (χ0n) is 5.88. The fraction of sp³-hybridized carbons (Fsp3) is 1.00. The first-order chi connectivity index (χ1) is 4.29. The van der Waals surface area contributed by atoms with Crippen LogP contribution in [-0.4, -0.2) is 24.7 Å². The first kappa shape index (κ1) is 5.69. The molecule has 1 aliphatic carbocycles. The lowest BCUT2D eigenvalue weighted by molar-refractivity contribution is 0.198. The van der Waals surface area contributed by atoms with Gasteiger partial charge in [0.05, 0.1) is 6.17 Å². The maximum Gasteiger partial charge on any atom is 0.0601 e. The molecule has 0 aromatic rings. The highest BCUT2D eigenvalue weighted by Crippen LogP contribution is 2.42. The van der Waals surface area contributed by atoms with E-state index >= 15 is 0 Å². The van der Waals surface area contributed by atoms with Crippen LogP contribution in [0.5, 0.6) is 0 Å². The first-order valence-corrected chi connectivity index (χ1v) is 3.75. The molecule has 0 radical (unpaired) electrons. The van der Waals surface area contributed by atoms with Crippen LogP contribution < -0.4 is 5.73 Å². The molecule has 9 heavy (non-hydrogen) atoms. The van der Waals surface area contributed by atoms with Gasteiger partial charge in [0.2, 0.25) is 0 Å². The third-order valence-electron chi connectivity index (χ3n) is 2.95. The Labute approximate surface area is 56.0 Å². The van der Waals surface area contributed by atoms with Gasteiger partial charge >= 0.3 is 0 Å². The second kappa shape index (κ2) is 1.70. The minimum Gasteiger partial charge on any atom is -0.315 e. The quantitative estimate of drug-likeness (QED) is 0.504. The topological polar surface area (TPSA) is 29.3 Å². The summed E-state index contributed by atoms with van der Waals surface area (Å²) in [6, 6.07) is 0. The Bertz CT molecular complexity index is 120. The zero-order valence-corrected chi connectivity index (χ0v) is 5.88. The average Bonchev–Trinajstić information content (AvgIpc) is 1.92. The highest BCUT2D eigenvalue weighted by molar-refractivity contribution is 4.94. The Balaban J connectivity index is 2.07. The van der Waals surface area contributed by atoms with Crippen LogP contribution in [0.1, 0.15) is 12.8 Å². The van der Waals surface area contributed by atoms with Gasteiger partial charge in [0.1, 0.15) is 0 Å². The zero-order chi connectivity index (χ0) is 6.43. The van der Waals surface area contributed by atoms with E-state index in [0.29, 0.717) is 6.17 Å². The van der Waals surface area contributed by atoms with Gasteiger partial charge in [-0.3, -0.25) is 4.90 Å². The van der Waals surface area contributed by atoms with Crippen molar-refractivity contribution in [3.05, 3.63) is 0 Å². The van der Waals surface area contributed by atoms with Crippen molar-refractivity contribution in [1.82, 2.24) is 4.90 Å². The van der Waals surface area contributed by atoms with Crippen molar-refractivity contribution in [3.8, 4) is 0 Å². The molecule has 2 fully saturated rings. The van der Waals surface area contributed by atoms with E-state index in [2.05, 4.69) is 11.9 Å². The molecule has 2 nitrogen and oxygen atoms in total. The molecule has 1 saturated carbocycles. The Kier molecular flexibility index (Phi) is 1.08. The molecule has 3 atom stereocenters. The molecule has 1 aliphatic heterocycles. The highest BCUT2D eigenvalue weighted by atomic mass is 15.2. The molecule has 2 aliphatic rings. The largest absolute Gasteiger partial charge is 0.315 e. The van der Waals surface area contributed by atoms with Gasteiger partial charge < -0.3 is 5.73 Å². The molecule has 0 amide bonds. The summed E-state index contributed by atoms with van der Waals surface area (Å²) in [5.41, 5.74) is 5.89. The van der Waals surface area contributed by atoms with E-state index < -0.39 is 0 Å². The molecule has 2 unspecified atom stereocenters. The Hall–Kier alpha value is -0.0800. The Morgan fingerprint density at radius 3 is 2.44 bits per heavy atom. The minimum atomic E-state index is 0.378. The van der Waals surface area contributed by atoms with E-state index in [4.69, 9.17) is 5.73 Å². The second-order valence-corrected chi connectivity index (χ2v) is 3.43. The summed E-state index contributed by atoms with van der Waals surface area (Å²) in [5, 5.41) is 0. The van der Waals surface area contributed by atoms with E-state index in [1.54, 1.807) is 0 Å². The lowest BCUT2D eigenvalue weighted by Gasteiger charge is -2.31. The van der Waals surface area contributed by atoms with Crippen LogP contribution in [0.4, 0.5) is 0 Å². The van der Waals surface area contributed by atoms with Gasteiger partial charge in [-0.15, -0.1) is 0 Å². The molecule has 1 saturated heterocycles. The molecule has 1 heterocycles. The van der Waals surface area contributed by atoms with Gasteiger partial charge in [0, 0.05) is 6.54 Å². The normalized spacial score (nSPS) is 50.7. The van der Waals surface area contributed by atoms with Crippen molar-refractivity contribution in [2.75, 3.05) is 13.6 Å². The Morgan fingerprint density at radius 1 is 1.44 bits per heavy atom. The van der Waals surface area contributed by atoms with Crippen LogP contribution in [0.3, 0.4) is 0 Å². The first-order valence-electron chi connectivity index (χ1n) is 3.75. The number of fused-ring (bicyclic) bond motifs is 1. The van der Waals surface area contributed by atoms with Gasteiger partial charge in [-0.1, -0.05) is 0 Å². The van der Waals surface area contributed by atoms with Gasteiger partial charge in [-0.2, -0.15) is 0 Å². The van der Waals surface area contributed by atoms with Crippen molar-refractivity contribution >= 4 is 0 Å². The fourth-order valence-electron chi connectivity index (χ4n) is 2.09. The average molecular weight is 126 g/mol. The lowest BCUT2D eigenvalue weighted by atomic mass is 9.75. The Morgan fingerprint density at radius 2 is 2.22 bits per heavy atom. The SMILES string of the molecule is CN1CC2CC[C@H]2C1N. The molecule has 2 N–H and O–H groups in total. The van der Waals surface area contributed by atoms with E-state index in [9.17, 15) is 0 Å². The molecule has 0 aromatic heterocycles. The third kappa shape index (κ3) is 0.634. The number of likely N-dealkylation sites (tertiary alicyclic amines) is 1. The molecular weight excluding hydrogens is 112 g/mol. The van der Waals surface area contributed by atoms with Gasteiger partial charge in [-0.05, 0) is 31.7 Å². The summed E-state index contributed by atoms with van der Waals surface area (Å²) in [6.45, 7) is 1.24. The lowest BCUT2D eigenvalue weighted by Crippen LogP contribution is -2.39.